The summed E-state index contributed by atoms with van der Waals surface area (Å²) in [6.07, 6.45) is 0.301. The Kier molecular flexibility index (Phi) is 4.74. The average molecular weight is 398 g/mol. The lowest BCUT2D eigenvalue weighted by Crippen LogP contribution is -2.34. The second kappa shape index (κ2) is 7.37. The Morgan fingerprint density at radius 3 is 2.66 bits per heavy atom. The van der Waals surface area contributed by atoms with Gasteiger partial charge in [0.15, 0.2) is 17.6 Å². The quantitative estimate of drug-likeness (QED) is 0.455. The summed E-state index contributed by atoms with van der Waals surface area (Å²) in [5.74, 6) is -0.752. The number of benzene rings is 1. The molecule has 5 N–H and O–H groups in total. The number of aliphatic hydroxyl groups excluding tert-OH is 3. The number of rotatable bonds is 5. The molecule has 29 heavy (non-hydrogen) atoms. The topological polar surface area (TPSA) is 162 Å². The average Bonchev–Trinajstić information content (AvgIpc) is 3.30. The van der Waals surface area contributed by atoms with Gasteiger partial charge in [-0.3, -0.25) is 4.57 Å². The standard InChI is InChI=1S/C18H18N6O5/c19-16-11(6-23-8-12(21-22-23)10-4-2-1-3-5-10)7-24(18(28)20-16)17-15(27)14(26)13(9-25)29-17/h1-5,7-8,15,17,25-27H,6,9H2,(H2,19,20,28)/t15?,17-/m1/s1. The number of nitrogens with zero attached hydrogens (tertiary/aromatic N) is 5. The van der Waals surface area contributed by atoms with E-state index in [0.29, 0.717) is 11.3 Å². The largest absolute Gasteiger partial charge is 0.506 e. The number of ether oxygens (including phenoxy) is 1. The number of aliphatic hydroxyl groups is 3. The summed E-state index contributed by atoms with van der Waals surface area (Å²) in [6, 6.07) is 9.49. The maximum absolute atomic E-state index is 12.3. The van der Waals surface area contributed by atoms with Crippen molar-refractivity contribution in [3.8, 4) is 11.3 Å². The van der Waals surface area contributed by atoms with E-state index in [9.17, 15) is 20.1 Å². The molecule has 150 valence electrons. The highest BCUT2D eigenvalue weighted by Crippen LogP contribution is 2.30. The van der Waals surface area contributed by atoms with Crippen molar-refractivity contribution in [1.29, 1.82) is 0 Å². The molecule has 2 aromatic heterocycles. The van der Waals surface area contributed by atoms with Crippen LogP contribution in [-0.2, 0) is 11.3 Å². The third-order valence-corrected chi connectivity index (χ3v) is 4.52. The highest BCUT2D eigenvalue weighted by atomic mass is 16.5. The Morgan fingerprint density at radius 1 is 1.21 bits per heavy atom. The molecule has 1 aliphatic rings. The van der Waals surface area contributed by atoms with Crippen molar-refractivity contribution >= 4 is 5.82 Å². The Labute approximate surface area is 163 Å². The van der Waals surface area contributed by atoms with E-state index in [-0.39, 0.29) is 18.1 Å². The van der Waals surface area contributed by atoms with Gasteiger partial charge in [0, 0.05) is 17.3 Å². The third-order valence-electron chi connectivity index (χ3n) is 4.52. The van der Waals surface area contributed by atoms with E-state index in [1.807, 2.05) is 30.3 Å². The maximum atomic E-state index is 12.3. The molecule has 11 nitrogen and oxygen atoms in total. The molecule has 0 bridgehead atoms. The number of nitrogens with two attached hydrogens (primary N) is 1. The van der Waals surface area contributed by atoms with Crippen molar-refractivity contribution in [2.75, 3.05) is 12.3 Å². The van der Waals surface area contributed by atoms with Gasteiger partial charge in [-0.25, -0.2) is 9.48 Å². The first-order chi connectivity index (χ1) is 14.0. The summed E-state index contributed by atoms with van der Waals surface area (Å²) in [5, 5.41) is 37.3. The molecule has 0 saturated heterocycles. The number of anilines is 1. The van der Waals surface area contributed by atoms with Gasteiger partial charge in [-0.1, -0.05) is 35.5 Å². The number of aromatic nitrogens is 5. The molecule has 0 spiro atoms. The first-order valence-corrected chi connectivity index (χ1v) is 8.68. The SMILES string of the molecule is Nc1nc(=O)n([C@@H]2OC(CO)=C(O)C2O)cc1Cn1cc(-c2ccccc2)nn1. The highest BCUT2D eigenvalue weighted by molar-refractivity contribution is 5.57. The molecule has 1 unspecified atom stereocenters. The molecule has 0 fully saturated rings. The minimum atomic E-state index is -1.52. The smallest absolute Gasteiger partial charge is 0.352 e. The fourth-order valence-electron chi connectivity index (χ4n) is 3.02. The van der Waals surface area contributed by atoms with Crippen LogP contribution in [-0.4, -0.2) is 52.6 Å². The summed E-state index contributed by atoms with van der Waals surface area (Å²) in [6.45, 7) is -0.460. The lowest BCUT2D eigenvalue weighted by Gasteiger charge is -2.19. The van der Waals surface area contributed by atoms with Gasteiger partial charge in [0.05, 0.1) is 12.7 Å². The van der Waals surface area contributed by atoms with Crippen molar-refractivity contribution in [3.63, 3.8) is 0 Å². The molecule has 2 atom stereocenters. The van der Waals surface area contributed by atoms with E-state index in [4.69, 9.17) is 10.5 Å². The summed E-state index contributed by atoms with van der Waals surface area (Å²) in [4.78, 5) is 16.0. The fourth-order valence-corrected chi connectivity index (χ4v) is 3.02. The summed E-state index contributed by atoms with van der Waals surface area (Å²) in [7, 11) is 0. The summed E-state index contributed by atoms with van der Waals surface area (Å²) >= 11 is 0. The van der Waals surface area contributed by atoms with E-state index < -0.39 is 30.4 Å². The molecule has 1 aliphatic heterocycles. The molecule has 3 aromatic rings. The van der Waals surface area contributed by atoms with E-state index >= 15 is 0 Å². The van der Waals surface area contributed by atoms with Crippen molar-refractivity contribution < 1.29 is 20.1 Å². The molecule has 11 heteroatoms. The molecule has 0 radical (unpaired) electrons. The van der Waals surface area contributed by atoms with Crippen LogP contribution in [0, 0.1) is 0 Å². The normalized spacial score (nSPS) is 18.8. The minimum Gasteiger partial charge on any atom is -0.506 e. The Bertz CT molecular complexity index is 1120. The first kappa shape index (κ1) is 18.7. The Balaban J connectivity index is 1.62. The van der Waals surface area contributed by atoms with Crippen LogP contribution >= 0.6 is 0 Å². The zero-order chi connectivity index (χ0) is 20.5. The number of hydrogen-bond acceptors (Lipinski definition) is 9. The van der Waals surface area contributed by atoms with Crippen LogP contribution in [0.15, 0.2) is 59.0 Å². The monoisotopic (exact) mass is 398 g/mol. The molecule has 3 heterocycles. The second-order valence-corrected chi connectivity index (χ2v) is 6.43. The van der Waals surface area contributed by atoms with E-state index in [0.717, 1.165) is 10.1 Å². The molecule has 0 aliphatic carbocycles. The van der Waals surface area contributed by atoms with Gasteiger partial charge in [-0.05, 0) is 0 Å². The number of nitrogen functional groups attached to an aromatic ring is 1. The maximum Gasteiger partial charge on any atom is 0.352 e. The zero-order valence-electron chi connectivity index (χ0n) is 15.1. The van der Waals surface area contributed by atoms with E-state index in [1.54, 1.807) is 6.20 Å². The fraction of sp³-hybridized carbons (Fsp3) is 0.222. The lowest BCUT2D eigenvalue weighted by atomic mass is 10.2. The third kappa shape index (κ3) is 3.44. The molecule has 4 rings (SSSR count). The second-order valence-electron chi connectivity index (χ2n) is 6.43. The van der Waals surface area contributed by atoms with Crippen LogP contribution in [0.1, 0.15) is 11.8 Å². The van der Waals surface area contributed by atoms with Crippen LogP contribution < -0.4 is 11.4 Å². The molecular formula is C18H18N6O5. The Hall–Kier alpha value is -3.70. The van der Waals surface area contributed by atoms with Crippen LogP contribution in [0.25, 0.3) is 11.3 Å². The lowest BCUT2D eigenvalue weighted by molar-refractivity contribution is -0.0172. The molecule has 0 amide bonds. The van der Waals surface area contributed by atoms with Crippen molar-refractivity contribution in [3.05, 3.63) is 70.3 Å². The molecule has 1 aromatic carbocycles. The van der Waals surface area contributed by atoms with Gasteiger partial charge in [-0.15, -0.1) is 5.10 Å². The van der Waals surface area contributed by atoms with E-state index in [1.165, 1.54) is 10.9 Å². The van der Waals surface area contributed by atoms with Gasteiger partial charge < -0.3 is 25.8 Å². The van der Waals surface area contributed by atoms with Crippen LogP contribution in [0.2, 0.25) is 0 Å². The van der Waals surface area contributed by atoms with Gasteiger partial charge in [0.1, 0.15) is 18.1 Å². The minimum absolute atomic E-state index is 0.00457. The van der Waals surface area contributed by atoms with E-state index in [2.05, 4.69) is 15.3 Å². The number of hydrogen-bond donors (Lipinski definition) is 4. The van der Waals surface area contributed by atoms with Gasteiger partial charge in [0.2, 0.25) is 6.23 Å². The predicted octanol–water partition coefficient (Wildman–Crippen LogP) is -0.216. The highest BCUT2D eigenvalue weighted by Gasteiger charge is 2.37. The molecule has 0 saturated carbocycles. The van der Waals surface area contributed by atoms with Gasteiger partial charge in [0.25, 0.3) is 0 Å². The first-order valence-electron chi connectivity index (χ1n) is 8.68. The predicted molar refractivity (Wildman–Crippen MR) is 100 cm³/mol. The Morgan fingerprint density at radius 2 is 1.97 bits per heavy atom. The molecular weight excluding hydrogens is 380 g/mol. The van der Waals surface area contributed by atoms with Crippen molar-refractivity contribution in [2.45, 2.75) is 18.9 Å². The van der Waals surface area contributed by atoms with Crippen LogP contribution in [0.3, 0.4) is 0 Å². The summed E-state index contributed by atoms with van der Waals surface area (Å²) < 4.78 is 7.82. The van der Waals surface area contributed by atoms with Gasteiger partial charge >= 0.3 is 5.69 Å². The van der Waals surface area contributed by atoms with Crippen LogP contribution in [0.5, 0.6) is 0 Å². The van der Waals surface area contributed by atoms with Crippen molar-refractivity contribution in [2.24, 2.45) is 0 Å². The zero-order valence-corrected chi connectivity index (χ0v) is 15.1. The van der Waals surface area contributed by atoms with Crippen molar-refractivity contribution in [1.82, 2.24) is 24.5 Å². The van der Waals surface area contributed by atoms with Crippen LogP contribution in [0.4, 0.5) is 5.82 Å². The van der Waals surface area contributed by atoms with Gasteiger partial charge in [-0.2, -0.15) is 4.98 Å². The summed E-state index contributed by atoms with van der Waals surface area (Å²) in [5.41, 5.74) is 7.11.